The van der Waals surface area contributed by atoms with E-state index in [2.05, 4.69) is 5.32 Å². The predicted octanol–water partition coefficient (Wildman–Crippen LogP) is 2.17. The normalized spacial score (nSPS) is 10.5. The lowest BCUT2D eigenvalue weighted by molar-refractivity contribution is 0.658. The van der Waals surface area contributed by atoms with Gasteiger partial charge in [0.05, 0.1) is 0 Å². The van der Waals surface area contributed by atoms with Crippen LogP contribution in [0, 0.1) is 0 Å². The molecule has 0 aromatic carbocycles. The minimum Gasteiger partial charge on any atom is -0.287 e. The van der Waals surface area contributed by atoms with Gasteiger partial charge in [0.1, 0.15) is 0 Å². The molecule has 0 unspecified atom stereocenters. The van der Waals surface area contributed by atoms with E-state index in [4.69, 9.17) is 23.2 Å². The van der Waals surface area contributed by atoms with Crippen molar-refractivity contribution in [3.63, 3.8) is 0 Å². The van der Waals surface area contributed by atoms with Crippen molar-refractivity contribution in [2.75, 3.05) is 6.54 Å². The van der Waals surface area contributed by atoms with Gasteiger partial charge < -0.3 is 0 Å². The minimum atomic E-state index is -0.755. The van der Waals surface area contributed by atoms with Crippen LogP contribution in [-0.4, -0.2) is 11.0 Å². The van der Waals surface area contributed by atoms with Gasteiger partial charge in [0.25, 0.3) is 0 Å². The number of rotatable bonds is 2. The fraction of sp³-hybridized carbons (Fsp3) is 1.00. The molecule has 0 fully saturated rings. The Labute approximate surface area is 66.1 Å². The van der Waals surface area contributed by atoms with E-state index in [0.29, 0.717) is 0 Å². The molecule has 52 valence electrons. The summed E-state index contributed by atoms with van der Waals surface area (Å²) in [6, 6.07) is 0. The second kappa shape index (κ2) is 4.68. The van der Waals surface area contributed by atoms with Gasteiger partial charge in [0, 0.05) is 0 Å². The van der Waals surface area contributed by atoms with E-state index in [-0.39, 0.29) is 12.4 Å². The van der Waals surface area contributed by atoms with Gasteiger partial charge in [0.15, 0.2) is 4.46 Å². The molecular formula is C4H10Cl3N. The van der Waals surface area contributed by atoms with Gasteiger partial charge in [-0.3, -0.25) is 5.32 Å². The number of halogens is 3. The van der Waals surface area contributed by atoms with Crippen LogP contribution in [0.3, 0.4) is 0 Å². The molecule has 8 heavy (non-hydrogen) atoms. The highest BCUT2D eigenvalue weighted by Gasteiger charge is 2.11. The number of hydrogen-bond acceptors (Lipinski definition) is 1. The summed E-state index contributed by atoms with van der Waals surface area (Å²) in [6.45, 7) is 4.44. The molecule has 0 aliphatic heterocycles. The molecular weight excluding hydrogens is 168 g/mol. The molecule has 1 nitrogen and oxygen atoms in total. The highest BCUT2D eigenvalue weighted by molar-refractivity contribution is 6.47. The van der Waals surface area contributed by atoms with Gasteiger partial charge in [-0.2, -0.15) is 0 Å². The predicted molar refractivity (Wildman–Crippen MR) is 41.0 cm³/mol. The molecule has 0 spiro atoms. The summed E-state index contributed by atoms with van der Waals surface area (Å²) >= 11 is 11.0. The molecule has 4 heteroatoms. The zero-order valence-electron chi connectivity index (χ0n) is 4.87. The van der Waals surface area contributed by atoms with Gasteiger partial charge in [-0.05, 0) is 13.5 Å². The maximum Gasteiger partial charge on any atom is 0.166 e. The zero-order chi connectivity index (χ0) is 5.91. The van der Waals surface area contributed by atoms with Gasteiger partial charge in [-0.1, -0.05) is 30.1 Å². The molecule has 0 aliphatic rings. The third-order valence-corrected chi connectivity index (χ3v) is 0.754. The van der Waals surface area contributed by atoms with Crippen molar-refractivity contribution in [3.05, 3.63) is 0 Å². The summed E-state index contributed by atoms with van der Waals surface area (Å²) < 4.78 is -0.755. The van der Waals surface area contributed by atoms with Crippen molar-refractivity contribution in [1.29, 1.82) is 0 Å². The molecule has 0 aliphatic carbocycles. The third-order valence-electron chi connectivity index (χ3n) is 0.487. The van der Waals surface area contributed by atoms with Crippen LogP contribution >= 0.6 is 35.6 Å². The third kappa shape index (κ3) is 9.95. The Bertz CT molecular complexity index is 49.7. The topological polar surface area (TPSA) is 12.0 Å². The van der Waals surface area contributed by atoms with Crippen LogP contribution in [-0.2, 0) is 0 Å². The first-order valence-electron chi connectivity index (χ1n) is 2.19. The quantitative estimate of drug-likeness (QED) is 0.505. The first kappa shape index (κ1) is 11.6. The van der Waals surface area contributed by atoms with Gasteiger partial charge in [-0.15, -0.1) is 12.4 Å². The van der Waals surface area contributed by atoms with Crippen molar-refractivity contribution in [3.8, 4) is 0 Å². The number of nitrogens with one attached hydrogen (secondary N) is 1. The molecule has 0 amide bonds. The summed E-state index contributed by atoms with van der Waals surface area (Å²) in [5.41, 5.74) is 0. The van der Waals surface area contributed by atoms with Crippen LogP contribution < -0.4 is 5.32 Å². The maximum atomic E-state index is 5.49. The Morgan fingerprint density at radius 2 is 1.88 bits per heavy atom. The van der Waals surface area contributed by atoms with Gasteiger partial charge in [0.2, 0.25) is 0 Å². The SMILES string of the molecule is CCNC(C)(Cl)Cl.Cl. The Morgan fingerprint density at radius 3 is 1.88 bits per heavy atom. The Hall–Kier alpha value is 0.830. The molecule has 0 saturated carbocycles. The summed E-state index contributed by atoms with van der Waals surface area (Å²) in [6.07, 6.45) is 0. The summed E-state index contributed by atoms with van der Waals surface area (Å²) in [4.78, 5) is 0. The molecule has 0 aromatic heterocycles. The molecule has 0 radical (unpaired) electrons. The highest BCUT2D eigenvalue weighted by Crippen LogP contribution is 2.13. The van der Waals surface area contributed by atoms with Crippen LogP contribution in [0.4, 0.5) is 0 Å². The first-order chi connectivity index (χ1) is 3.06. The smallest absolute Gasteiger partial charge is 0.166 e. The zero-order valence-corrected chi connectivity index (χ0v) is 7.20. The van der Waals surface area contributed by atoms with E-state index >= 15 is 0 Å². The average molecular weight is 178 g/mol. The molecule has 0 aromatic rings. The van der Waals surface area contributed by atoms with E-state index < -0.39 is 4.46 Å². The van der Waals surface area contributed by atoms with E-state index in [9.17, 15) is 0 Å². The van der Waals surface area contributed by atoms with Crippen molar-refractivity contribution in [2.24, 2.45) is 0 Å². The monoisotopic (exact) mass is 177 g/mol. The lowest BCUT2D eigenvalue weighted by Crippen LogP contribution is -2.29. The highest BCUT2D eigenvalue weighted by atomic mass is 35.5. The van der Waals surface area contributed by atoms with Crippen LogP contribution in [0.1, 0.15) is 13.8 Å². The standard InChI is InChI=1S/C4H9Cl2N.ClH/c1-3-7-4(2,5)6;/h7H,3H2,1-2H3;1H. The fourth-order valence-electron chi connectivity index (χ4n) is 0.310. The van der Waals surface area contributed by atoms with E-state index in [1.807, 2.05) is 6.92 Å². The molecule has 1 N–H and O–H groups in total. The molecule has 0 bridgehead atoms. The lowest BCUT2D eigenvalue weighted by atomic mass is 10.6. The number of hydrogen-bond donors (Lipinski definition) is 1. The summed E-state index contributed by atoms with van der Waals surface area (Å²) in [5.74, 6) is 0. The average Bonchev–Trinajstić information content (AvgIpc) is 1.30. The lowest BCUT2D eigenvalue weighted by Gasteiger charge is -2.12. The Kier molecular flexibility index (Phi) is 6.80. The van der Waals surface area contributed by atoms with Crippen LogP contribution in [0.2, 0.25) is 0 Å². The summed E-state index contributed by atoms with van der Waals surface area (Å²) in [7, 11) is 0. The van der Waals surface area contributed by atoms with E-state index in [0.717, 1.165) is 6.54 Å². The molecule has 0 rings (SSSR count). The Morgan fingerprint density at radius 1 is 1.50 bits per heavy atom. The maximum absolute atomic E-state index is 5.49. The molecule has 0 heterocycles. The molecule has 0 atom stereocenters. The fourth-order valence-corrected chi connectivity index (χ4v) is 0.578. The summed E-state index contributed by atoms with van der Waals surface area (Å²) in [5, 5.41) is 2.82. The minimum absolute atomic E-state index is 0. The van der Waals surface area contributed by atoms with Crippen molar-refractivity contribution < 1.29 is 0 Å². The van der Waals surface area contributed by atoms with Crippen molar-refractivity contribution in [1.82, 2.24) is 5.32 Å². The number of alkyl halides is 2. The van der Waals surface area contributed by atoms with Gasteiger partial charge >= 0.3 is 0 Å². The Balaban J connectivity index is 0. The van der Waals surface area contributed by atoms with Crippen molar-refractivity contribution in [2.45, 2.75) is 18.3 Å². The van der Waals surface area contributed by atoms with Crippen molar-refractivity contribution >= 4 is 35.6 Å². The van der Waals surface area contributed by atoms with Crippen LogP contribution in [0.25, 0.3) is 0 Å². The first-order valence-corrected chi connectivity index (χ1v) is 2.94. The van der Waals surface area contributed by atoms with Crippen LogP contribution in [0.5, 0.6) is 0 Å². The second-order valence-electron chi connectivity index (χ2n) is 1.42. The van der Waals surface area contributed by atoms with Gasteiger partial charge in [-0.25, -0.2) is 0 Å². The second-order valence-corrected chi connectivity index (χ2v) is 3.12. The van der Waals surface area contributed by atoms with E-state index in [1.54, 1.807) is 6.92 Å². The largest absolute Gasteiger partial charge is 0.287 e. The van der Waals surface area contributed by atoms with Crippen LogP contribution in [0.15, 0.2) is 0 Å². The van der Waals surface area contributed by atoms with E-state index in [1.165, 1.54) is 0 Å². The molecule has 0 saturated heterocycles.